The van der Waals surface area contributed by atoms with Gasteiger partial charge in [0, 0.05) is 11.7 Å². The maximum absolute atomic E-state index is 12.0. The van der Waals surface area contributed by atoms with E-state index < -0.39 is 12.1 Å². The van der Waals surface area contributed by atoms with Gasteiger partial charge in [-0.3, -0.25) is 4.79 Å². The maximum Gasteiger partial charge on any atom is 0.471 e. The summed E-state index contributed by atoms with van der Waals surface area (Å²) in [4.78, 5) is 10.7. The van der Waals surface area contributed by atoms with Crippen molar-refractivity contribution in [3.8, 4) is 0 Å². The fourth-order valence-corrected chi connectivity index (χ4v) is 1.43. The van der Waals surface area contributed by atoms with Crippen LogP contribution in [0.4, 0.5) is 18.9 Å². The topological polar surface area (TPSA) is 55.1 Å². The summed E-state index contributed by atoms with van der Waals surface area (Å²) in [5.41, 5.74) is 6.94. The Hall–Kier alpha value is -1.56. The van der Waals surface area contributed by atoms with E-state index in [1.165, 1.54) is 12.1 Å². The van der Waals surface area contributed by atoms with Crippen LogP contribution in [-0.2, 0) is 11.2 Å². The number of halogens is 3. The number of alkyl halides is 3. The van der Waals surface area contributed by atoms with Gasteiger partial charge in [0.2, 0.25) is 0 Å². The summed E-state index contributed by atoms with van der Waals surface area (Å²) < 4.78 is 36.1. The molecule has 0 aliphatic rings. The highest BCUT2D eigenvalue weighted by atomic mass is 19.4. The number of anilines is 1. The van der Waals surface area contributed by atoms with Gasteiger partial charge in [-0.15, -0.1) is 0 Å². The second-order valence-electron chi connectivity index (χ2n) is 4.76. The number of carbonyl (C=O) groups is 1. The molecule has 0 aliphatic carbocycles. The summed E-state index contributed by atoms with van der Waals surface area (Å²) in [6, 6.07) is 6.19. The molecule has 1 aromatic carbocycles. The zero-order valence-corrected chi connectivity index (χ0v) is 10.8. The van der Waals surface area contributed by atoms with Gasteiger partial charge in [-0.25, -0.2) is 0 Å². The fraction of sp³-hybridized carbons (Fsp3) is 0.462. The van der Waals surface area contributed by atoms with Crippen LogP contribution in [-0.4, -0.2) is 18.1 Å². The normalized spacial score (nSPS) is 13.4. The van der Waals surface area contributed by atoms with E-state index in [1.807, 2.05) is 13.8 Å². The number of hydrogen-bond acceptors (Lipinski definition) is 2. The molecule has 0 aliphatic heterocycles. The Morgan fingerprint density at radius 1 is 1.26 bits per heavy atom. The summed E-state index contributed by atoms with van der Waals surface area (Å²) in [5.74, 6) is -1.65. The predicted octanol–water partition coefficient (Wildman–Crippen LogP) is 2.71. The van der Waals surface area contributed by atoms with Crippen LogP contribution in [0, 0.1) is 5.92 Å². The van der Waals surface area contributed by atoms with Gasteiger partial charge in [0.1, 0.15) is 0 Å². The van der Waals surface area contributed by atoms with Crippen molar-refractivity contribution in [2.45, 2.75) is 32.5 Å². The average molecular weight is 274 g/mol. The minimum atomic E-state index is -4.88. The van der Waals surface area contributed by atoms with E-state index in [0.29, 0.717) is 12.3 Å². The lowest BCUT2D eigenvalue weighted by Gasteiger charge is -2.15. The molecule has 1 atom stereocenters. The number of benzene rings is 1. The van der Waals surface area contributed by atoms with Gasteiger partial charge >= 0.3 is 12.1 Å². The summed E-state index contributed by atoms with van der Waals surface area (Å²) in [5, 5.41) is 1.79. The molecule has 1 rings (SSSR count). The van der Waals surface area contributed by atoms with E-state index in [9.17, 15) is 18.0 Å². The lowest BCUT2D eigenvalue weighted by Crippen LogP contribution is -2.30. The van der Waals surface area contributed by atoms with E-state index in [0.717, 1.165) is 5.56 Å². The smallest absolute Gasteiger partial charge is 0.327 e. The van der Waals surface area contributed by atoms with Crippen LogP contribution in [0.5, 0.6) is 0 Å². The van der Waals surface area contributed by atoms with Crippen molar-refractivity contribution in [1.29, 1.82) is 0 Å². The van der Waals surface area contributed by atoms with Gasteiger partial charge in [-0.2, -0.15) is 13.2 Å². The number of carbonyl (C=O) groups excluding carboxylic acids is 1. The molecular weight excluding hydrogens is 257 g/mol. The first-order chi connectivity index (χ1) is 8.70. The Kier molecular flexibility index (Phi) is 4.94. The third-order valence-corrected chi connectivity index (χ3v) is 2.80. The Morgan fingerprint density at radius 3 is 2.21 bits per heavy atom. The van der Waals surface area contributed by atoms with Gasteiger partial charge < -0.3 is 11.1 Å². The molecule has 0 heterocycles. The zero-order chi connectivity index (χ0) is 14.6. The van der Waals surface area contributed by atoms with Crippen LogP contribution in [0.2, 0.25) is 0 Å². The molecule has 0 spiro atoms. The third-order valence-electron chi connectivity index (χ3n) is 2.80. The lowest BCUT2D eigenvalue weighted by molar-refractivity contribution is -0.167. The molecule has 0 aromatic heterocycles. The lowest BCUT2D eigenvalue weighted by atomic mass is 9.97. The summed E-state index contributed by atoms with van der Waals surface area (Å²) in [6.07, 6.45) is -4.23. The molecule has 106 valence electrons. The number of nitrogens with one attached hydrogen (secondary N) is 1. The monoisotopic (exact) mass is 274 g/mol. The Labute approximate surface area is 110 Å². The van der Waals surface area contributed by atoms with Crippen molar-refractivity contribution in [3.63, 3.8) is 0 Å². The highest BCUT2D eigenvalue weighted by Crippen LogP contribution is 2.19. The number of nitrogens with two attached hydrogens (primary N) is 1. The van der Waals surface area contributed by atoms with Crippen LogP contribution in [0.15, 0.2) is 24.3 Å². The number of amides is 1. The first-order valence-corrected chi connectivity index (χ1v) is 5.93. The van der Waals surface area contributed by atoms with Crippen molar-refractivity contribution >= 4 is 11.6 Å². The molecular formula is C13H17F3N2O. The van der Waals surface area contributed by atoms with E-state index >= 15 is 0 Å². The third kappa shape index (κ3) is 4.90. The molecule has 3 nitrogen and oxygen atoms in total. The number of hydrogen-bond donors (Lipinski definition) is 2. The molecule has 1 aromatic rings. The van der Waals surface area contributed by atoms with Crippen molar-refractivity contribution in [1.82, 2.24) is 0 Å². The van der Waals surface area contributed by atoms with Crippen LogP contribution < -0.4 is 11.1 Å². The quantitative estimate of drug-likeness (QED) is 0.887. The molecule has 1 amide bonds. The van der Waals surface area contributed by atoms with Crippen LogP contribution in [0.25, 0.3) is 0 Å². The van der Waals surface area contributed by atoms with Crippen molar-refractivity contribution in [2.24, 2.45) is 11.7 Å². The molecule has 19 heavy (non-hydrogen) atoms. The molecule has 0 fully saturated rings. The van der Waals surface area contributed by atoms with Crippen LogP contribution in [0.1, 0.15) is 19.4 Å². The summed E-state index contributed by atoms with van der Waals surface area (Å²) in [6.45, 7) is 4.01. The largest absolute Gasteiger partial charge is 0.471 e. The van der Waals surface area contributed by atoms with Crippen molar-refractivity contribution < 1.29 is 18.0 Å². The van der Waals surface area contributed by atoms with Crippen LogP contribution in [0.3, 0.4) is 0 Å². The van der Waals surface area contributed by atoms with Crippen molar-refractivity contribution in [3.05, 3.63) is 29.8 Å². The van der Waals surface area contributed by atoms with Gasteiger partial charge in [0.15, 0.2) is 0 Å². The summed E-state index contributed by atoms with van der Waals surface area (Å²) in [7, 11) is 0. The molecule has 0 saturated heterocycles. The molecule has 3 N–H and O–H groups in total. The van der Waals surface area contributed by atoms with Gasteiger partial charge in [-0.1, -0.05) is 26.0 Å². The highest BCUT2D eigenvalue weighted by Gasteiger charge is 2.38. The first-order valence-electron chi connectivity index (χ1n) is 5.93. The van der Waals surface area contributed by atoms with E-state index in [-0.39, 0.29) is 11.7 Å². The zero-order valence-electron chi connectivity index (χ0n) is 10.8. The maximum atomic E-state index is 12.0. The number of rotatable bonds is 4. The average Bonchev–Trinajstić information content (AvgIpc) is 2.30. The van der Waals surface area contributed by atoms with E-state index in [2.05, 4.69) is 0 Å². The fourth-order valence-electron chi connectivity index (χ4n) is 1.43. The van der Waals surface area contributed by atoms with Crippen molar-refractivity contribution in [2.75, 3.05) is 5.32 Å². The Balaban J connectivity index is 2.64. The highest BCUT2D eigenvalue weighted by molar-refractivity contribution is 5.94. The molecule has 0 bridgehead atoms. The standard InChI is InChI=1S/C13H17F3N2O/c1-8(2)11(17)7-9-3-5-10(6-4-9)18-12(19)13(14,15)16/h3-6,8,11H,7,17H2,1-2H3,(H,18,19). The molecule has 0 saturated carbocycles. The van der Waals surface area contributed by atoms with Gasteiger partial charge in [-0.05, 0) is 30.0 Å². The predicted molar refractivity (Wildman–Crippen MR) is 67.6 cm³/mol. The first kappa shape index (κ1) is 15.5. The minimum Gasteiger partial charge on any atom is -0.327 e. The SMILES string of the molecule is CC(C)C(N)Cc1ccc(NC(=O)C(F)(F)F)cc1. The van der Waals surface area contributed by atoms with E-state index in [1.54, 1.807) is 17.4 Å². The Bertz CT molecular complexity index is 427. The van der Waals surface area contributed by atoms with Gasteiger partial charge in [0.25, 0.3) is 0 Å². The Morgan fingerprint density at radius 2 is 1.79 bits per heavy atom. The van der Waals surface area contributed by atoms with Crippen LogP contribution >= 0.6 is 0 Å². The van der Waals surface area contributed by atoms with Gasteiger partial charge in [0.05, 0.1) is 0 Å². The van der Waals surface area contributed by atoms with E-state index in [4.69, 9.17) is 5.73 Å². The summed E-state index contributed by atoms with van der Waals surface area (Å²) >= 11 is 0. The molecule has 0 radical (unpaired) electrons. The molecule has 1 unspecified atom stereocenters. The second kappa shape index (κ2) is 6.06. The minimum absolute atomic E-state index is 0.00406. The second-order valence-corrected chi connectivity index (χ2v) is 4.76. The molecule has 6 heteroatoms.